The van der Waals surface area contributed by atoms with E-state index in [1.54, 1.807) is 11.3 Å². The van der Waals surface area contributed by atoms with E-state index in [2.05, 4.69) is 24.3 Å². The fraction of sp³-hybridized carbons (Fsp3) is 0.455. The molecule has 1 atom stereocenters. The quantitative estimate of drug-likeness (QED) is 0.331. The standard InChI is InChI=1S/C11H18N4OS2/c1-7(2)10(8-4-3-5-17-8)14-9(16)6-18-11(12)15-13/h3-5,7,10H,6,13H2,1-2H3,(H2,12,15)(H,14,16). The number of hydrazone groups is 1. The number of thiophene rings is 1. The Kier molecular flexibility index (Phi) is 6.00. The highest BCUT2D eigenvalue weighted by atomic mass is 32.2. The lowest BCUT2D eigenvalue weighted by Crippen LogP contribution is -2.33. The molecule has 0 spiro atoms. The number of nitrogens with one attached hydrogen (secondary N) is 1. The van der Waals surface area contributed by atoms with Gasteiger partial charge in [0.25, 0.3) is 0 Å². The third-order valence-electron chi connectivity index (χ3n) is 2.31. The van der Waals surface area contributed by atoms with E-state index >= 15 is 0 Å². The van der Waals surface area contributed by atoms with Gasteiger partial charge in [-0.15, -0.1) is 11.3 Å². The lowest BCUT2D eigenvalue weighted by atomic mass is 10.0. The van der Waals surface area contributed by atoms with Crippen molar-refractivity contribution in [2.75, 3.05) is 5.75 Å². The minimum atomic E-state index is -0.0706. The summed E-state index contributed by atoms with van der Waals surface area (Å²) < 4.78 is 0. The summed E-state index contributed by atoms with van der Waals surface area (Å²) in [4.78, 5) is 13.0. The third kappa shape index (κ3) is 4.58. The molecule has 1 aromatic heterocycles. The molecular formula is C11H18N4OS2. The summed E-state index contributed by atoms with van der Waals surface area (Å²) in [7, 11) is 0. The highest BCUT2D eigenvalue weighted by Gasteiger charge is 2.19. The van der Waals surface area contributed by atoms with Gasteiger partial charge in [-0.2, -0.15) is 5.10 Å². The first-order valence-electron chi connectivity index (χ1n) is 5.53. The van der Waals surface area contributed by atoms with E-state index < -0.39 is 0 Å². The largest absolute Gasteiger partial charge is 0.377 e. The fourth-order valence-electron chi connectivity index (χ4n) is 1.43. The fourth-order valence-corrected chi connectivity index (χ4v) is 2.81. The molecule has 1 unspecified atom stereocenters. The second kappa shape index (κ2) is 7.27. The normalized spacial score (nSPS) is 13.6. The lowest BCUT2D eigenvalue weighted by molar-refractivity contribution is -0.119. The van der Waals surface area contributed by atoms with Crippen molar-refractivity contribution >= 4 is 34.2 Å². The molecule has 0 aliphatic heterocycles. The number of hydrogen-bond acceptors (Lipinski definition) is 5. The van der Waals surface area contributed by atoms with Gasteiger partial charge in [0, 0.05) is 4.88 Å². The van der Waals surface area contributed by atoms with Crippen LogP contribution in [0.1, 0.15) is 24.8 Å². The van der Waals surface area contributed by atoms with Crippen molar-refractivity contribution in [1.82, 2.24) is 5.32 Å². The van der Waals surface area contributed by atoms with Crippen molar-refractivity contribution in [1.29, 1.82) is 0 Å². The van der Waals surface area contributed by atoms with Crippen LogP contribution in [0.25, 0.3) is 0 Å². The molecule has 0 aliphatic rings. The third-order valence-corrected chi connectivity index (χ3v) is 4.07. The highest BCUT2D eigenvalue weighted by molar-refractivity contribution is 8.14. The van der Waals surface area contributed by atoms with Crippen LogP contribution >= 0.6 is 23.1 Å². The van der Waals surface area contributed by atoms with Gasteiger partial charge in [-0.25, -0.2) is 0 Å². The summed E-state index contributed by atoms with van der Waals surface area (Å²) in [6.45, 7) is 4.15. The van der Waals surface area contributed by atoms with Crippen LogP contribution in [0.5, 0.6) is 0 Å². The molecule has 1 heterocycles. The zero-order chi connectivity index (χ0) is 13.5. The second-order valence-electron chi connectivity index (χ2n) is 4.06. The van der Waals surface area contributed by atoms with Crippen molar-refractivity contribution in [2.24, 2.45) is 22.6 Å². The van der Waals surface area contributed by atoms with Crippen LogP contribution in [0, 0.1) is 5.92 Å². The van der Waals surface area contributed by atoms with Crippen molar-refractivity contribution in [3.05, 3.63) is 22.4 Å². The number of amides is 1. The zero-order valence-electron chi connectivity index (χ0n) is 10.4. The van der Waals surface area contributed by atoms with Gasteiger partial charge >= 0.3 is 0 Å². The molecule has 7 heteroatoms. The lowest BCUT2D eigenvalue weighted by Gasteiger charge is -2.21. The Morgan fingerprint density at radius 2 is 2.33 bits per heavy atom. The van der Waals surface area contributed by atoms with Gasteiger partial charge in [0.05, 0.1) is 11.8 Å². The van der Waals surface area contributed by atoms with E-state index in [4.69, 9.17) is 11.6 Å². The first-order chi connectivity index (χ1) is 8.54. The van der Waals surface area contributed by atoms with E-state index in [1.165, 1.54) is 0 Å². The molecule has 0 fully saturated rings. The summed E-state index contributed by atoms with van der Waals surface area (Å²) in [5, 5.41) is 8.52. The molecule has 18 heavy (non-hydrogen) atoms. The number of carbonyl (C=O) groups excluding carboxylic acids is 1. The number of nitrogens with zero attached hydrogens (tertiary/aromatic N) is 1. The number of amidine groups is 1. The average Bonchev–Trinajstić information content (AvgIpc) is 2.86. The molecule has 0 aliphatic carbocycles. The molecule has 1 amide bonds. The Morgan fingerprint density at radius 1 is 1.61 bits per heavy atom. The average molecular weight is 286 g/mol. The maximum atomic E-state index is 11.8. The molecule has 5 nitrogen and oxygen atoms in total. The van der Waals surface area contributed by atoms with Crippen LogP contribution in [-0.4, -0.2) is 16.8 Å². The summed E-state index contributed by atoms with van der Waals surface area (Å²) in [5.41, 5.74) is 5.42. The van der Waals surface area contributed by atoms with Crippen molar-refractivity contribution < 1.29 is 4.79 Å². The Balaban J connectivity index is 2.55. The number of rotatable bonds is 5. The predicted molar refractivity (Wildman–Crippen MR) is 78.3 cm³/mol. The minimum absolute atomic E-state index is 0.0362. The van der Waals surface area contributed by atoms with Crippen LogP contribution in [0.2, 0.25) is 0 Å². The van der Waals surface area contributed by atoms with Gasteiger partial charge in [-0.05, 0) is 17.4 Å². The van der Waals surface area contributed by atoms with Gasteiger partial charge < -0.3 is 16.9 Å². The smallest absolute Gasteiger partial charge is 0.230 e. The van der Waals surface area contributed by atoms with E-state index in [0.29, 0.717) is 5.92 Å². The molecule has 100 valence electrons. The number of carbonyl (C=O) groups is 1. The maximum Gasteiger partial charge on any atom is 0.230 e. The predicted octanol–water partition coefficient (Wildman–Crippen LogP) is 1.48. The Bertz CT molecular complexity index is 403. The Morgan fingerprint density at radius 3 is 2.83 bits per heavy atom. The van der Waals surface area contributed by atoms with Gasteiger partial charge in [0.1, 0.15) is 0 Å². The van der Waals surface area contributed by atoms with Gasteiger partial charge in [0.15, 0.2) is 5.17 Å². The summed E-state index contributed by atoms with van der Waals surface area (Å²) in [6, 6.07) is 4.04. The van der Waals surface area contributed by atoms with E-state index in [9.17, 15) is 4.79 Å². The Hall–Kier alpha value is -1.21. The van der Waals surface area contributed by atoms with E-state index in [-0.39, 0.29) is 22.9 Å². The van der Waals surface area contributed by atoms with Gasteiger partial charge in [-0.3, -0.25) is 4.79 Å². The molecule has 0 bridgehead atoms. The van der Waals surface area contributed by atoms with Gasteiger partial charge in [-0.1, -0.05) is 31.7 Å². The molecule has 0 saturated heterocycles. The van der Waals surface area contributed by atoms with Crippen LogP contribution < -0.4 is 16.9 Å². The molecule has 0 saturated carbocycles. The first-order valence-corrected chi connectivity index (χ1v) is 7.40. The molecule has 0 aromatic carbocycles. The molecular weight excluding hydrogens is 268 g/mol. The van der Waals surface area contributed by atoms with E-state index in [0.717, 1.165) is 16.6 Å². The highest BCUT2D eigenvalue weighted by Crippen LogP contribution is 2.25. The minimum Gasteiger partial charge on any atom is -0.377 e. The monoisotopic (exact) mass is 286 g/mol. The molecule has 0 radical (unpaired) electrons. The maximum absolute atomic E-state index is 11.8. The van der Waals surface area contributed by atoms with Crippen LogP contribution in [-0.2, 0) is 4.79 Å². The van der Waals surface area contributed by atoms with Crippen molar-refractivity contribution in [3.63, 3.8) is 0 Å². The summed E-state index contributed by atoms with van der Waals surface area (Å²) in [5.74, 6) is 5.48. The molecule has 1 rings (SSSR count). The first kappa shape index (κ1) is 14.8. The SMILES string of the molecule is CC(C)C(NC(=O)CSC(N)=NN)c1cccs1. The number of hydrogen-bond donors (Lipinski definition) is 3. The van der Waals surface area contributed by atoms with Gasteiger partial charge in [0.2, 0.25) is 5.91 Å². The number of thioether (sulfide) groups is 1. The summed E-state index contributed by atoms with van der Waals surface area (Å²) in [6.07, 6.45) is 0. The second-order valence-corrected chi connectivity index (χ2v) is 6.04. The number of nitrogens with two attached hydrogens (primary N) is 2. The molecule has 5 N–H and O–H groups in total. The summed E-state index contributed by atoms with van der Waals surface area (Å²) >= 11 is 2.77. The topological polar surface area (TPSA) is 93.5 Å². The van der Waals surface area contributed by atoms with E-state index in [1.807, 2.05) is 17.5 Å². The van der Waals surface area contributed by atoms with Crippen LogP contribution in [0.15, 0.2) is 22.6 Å². The van der Waals surface area contributed by atoms with Crippen molar-refractivity contribution in [3.8, 4) is 0 Å². The Labute approximate surface area is 115 Å². The van der Waals surface area contributed by atoms with Crippen molar-refractivity contribution in [2.45, 2.75) is 19.9 Å². The molecule has 1 aromatic rings. The zero-order valence-corrected chi connectivity index (χ0v) is 12.1. The van der Waals surface area contributed by atoms with Crippen LogP contribution in [0.3, 0.4) is 0 Å². The van der Waals surface area contributed by atoms with Crippen LogP contribution in [0.4, 0.5) is 0 Å².